The summed E-state index contributed by atoms with van der Waals surface area (Å²) >= 11 is 0. The summed E-state index contributed by atoms with van der Waals surface area (Å²) in [4.78, 5) is 15.4. The monoisotopic (exact) mass is 615 g/mol. The Morgan fingerprint density at radius 2 is 0.913 bits per heavy atom. The van der Waals surface area contributed by atoms with Gasteiger partial charge in [-0.3, -0.25) is 0 Å². The van der Waals surface area contributed by atoms with Crippen LogP contribution in [-0.4, -0.2) is 22.5 Å². The van der Waals surface area contributed by atoms with Crippen molar-refractivity contribution in [3.63, 3.8) is 0 Å². The average Bonchev–Trinajstić information content (AvgIpc) is 3.75. The second-order valence-corrected chi connectivity index (χ2v) is 15.3. The molecule has 0 fully saturated rings. The smallest absolute Gasteiger partial charge is 0.227 e. The highest BCUT2D eigenvalue weighted by Crippen LogP contribution is 2.68. The van der Waals surface area contributed by atoms with Gasteiger partial charge >= 0.3 is 0 Å². The molecule has 0 radical (unpaired) electrons. The van der Waals surface area contributed by atoms with E-state index in [2.05, 4.69) is 78.1 Å². The van der Waals surface area contributed by atoms with E-state index in [4.69, 9.17) is 18.8 Å². The van der Waals surface area contributed by atoms with Crippen LogP contribution in [0.1, 0.15) is 0 Å². The van der Waals surface area contributed by atoms with Gasteiger partial charge in [0.1, 0.15) is 16.7 Å². The van der Waals surface area contributed by atoms with E-state index >= 15 is 0 Å². The number of hydrogen-bond acceptors (Lipinski definition) is 5. The van der Waals surface area contributed by atoms with E-state index in [0.29, 0.717) is 22.9 Å². The molecule has 0 spiro atoms. The van der Waals surface area contributed by atoms with Crippen molar-refractivity contribution in [2.24, 2.45) is 0 Å². The second-order valence-electron chi connectivity index (χ2n) is 11.8. The molecule has 5 nitrogen and oxygen atoms in total. The molecule has 9 rings (SSSR count). The Hall–Kier alpha value is -5.59. The third-order valence-electron chi connectivity index (χ3n) is 8.80. The molecular formula is C40H29N3O2S. The van der Waals surface area contributed by atoms with Gasteiger partial charge in [-0.15, -0.1) is 0 Å². The Balaban J connectivity index is 1.47. The van der Waals surface area contributed by atoms with Gasteiger partial charge in [0.25, 0.3) is 0 Å². The van der Waals surface area contributed by atoms with Crippen LogP contribution in [0.4, 0.5) is 17.1 Å². The summed E-state index contributed by atoms with van der Waals surface area (Å²) in [6.45, 7) is 0. The third-order valence-corrected chi connectivity index (χ3v) is 11.7. The molecule has 0 bridgehead atoms. The van der Waals surface area contributed by atoms with E-state index in [-0.39, 0.29) is 0 Å². The van der Waals surface area contributed by atoms with Gasteiger partial charge in [-0.25, -0.2) is 9.97 Å². The first-order chi connectivity index (χ1) is 22.6. The van der Waals surface area contributed by atoms with Crippen molar-refractivity contribution >= 4 is 49.3 Å². The van der Waals surface area contributed by atoms with Crippen LogP contribution in [0.25, 0.3) is 56.2 Å². The Morgan fingerprint density at radius 1 is 0.478 bits per heavy atom. The molecule has 1 aliphatic rings. The van der Waals surface area contributed by atoms with Crippen molar-refractivity contribution in [1.82, 2.24) is 9.97 Å². The molecule has 2 aromatic heterocycles. The standard InChI is InChI=1S/C40H29N3O2S/c1-46(2)31-24-14-12-22-29(31)43(30-23-13-15-25-32(30)46)36-35-37(44-40(42-35)28-20-10-5-11-21-28)33(26-16-6-3-7-17-26)34-38(36)45-39(41-34)27-18-8-4-9-19-27/h3-25H,1-2H3. The highest BCUT2D eigenvalue weighted by molar-refractivity contribution is 8.33. The number of para-hydroxylation sites is 2. The molecule has 0 N–H and O–H groups in total. The zero-order valence-electron chi connectivity index (χ0n) is 25.3. The van der Waals surface area contributed by atoms with E-state index in [1.165, 1.54) is 9.79 Å². The van der Waals surface area contributed by atoms with Crippen LogP contribution < -0.4 is 4.90 Å². The molecular weight excluding hydrogens is 587 g/mol. The van der Waals surface area contributed by atoms with Crippen LogP contribution in [0.3, 0.4) is 0 Å². The lowest BCUT2D eigenvalue weighted by Gasteiger charge is -2.44. The summed E-state index contributed by atoms with van der Waals surface area (Å²) < 4.78 is 13.7. The van der Waals surface area contributed by atoms with Crippen molar-refractivity contribution in [3.05, 3.63) is 140 Å². The van der Waals surface area contributed by atoms with Crippen molar-refractivity contribution in [3.8, 4) is 34.0 Å². The summed E-state index contributed by atoms with van der Waals surface area (Å²) in [7, 11) is -1.31. The molecule has 222 valence electrons. The largest absolute Gasteiger partial charge is 0.435 e. The number of fused-ring (bicyclic) bond motifs is 4. The molecule has 0 amide bonds. The zero-order valence-corrected chi connectivity index (χ0v) is 26.2. The maximum Gasteiger partial charge on any atom is 0.227 e. The van der Waals surface area contributed by atoms with Crippen LogP contribution in [0.15, 0.2) is 158 Å². The number of benzene rings is 6. The van der Waals surface area contributed by atoms with Gasteiger partial charge in [0.15, 0.2) is 11.2 Å². The van der Waals surface area contributed by atoms with Gasteiger partial charge in [-0.1, -0.05) is 91.0 Å². The lowest BCUT2D eigenvalue weighted by molar-refractivity contribution is 0.618. The fourth-order valence-electron chi connectivity index (χ4n) is 6.64. The van der Waals surface area contributed by atoms with Gasteiger partial charge < -0.3 is 13.7 Å². The molecule has 0 atom stereocenters. The summed E-state index contributed by atoms with van der Waals surface area (Å²) in [5, 5.41) is 0. The number of aromatic nitrogens is 2. The molecule has 0 saturated heterocycles. The fourth-order valence-corrected chi connectivity index (χ4v) is 9.08. The summed E-state index contributed by atoms with van der Waals surface area (Å²) in [6.07, 6.45) is 4.74. The Labute approximate surface area is 268 Å². The molecule has 0 saturated carbocycles. The molecule has 0 unspecified atom stereocenters. The Morgan fingerprint density at radius 3 is 1.46 bits per heavy atom. The van der Waals surface area contributed by atoms with Crippen molar-refractivity contribution in [1.29, 1.82) is 0 Å². The SMILES string of the molecule is CS1(C)c2ccccc2N(c2c3nc(-c4ccccc4)oc3c(-c3ccccc3)c3nc(-c4ccccc4)oc23)c2ccccc21. The minimum absolute atomic E-state index is 0.550. The molecule has 1 aliphatic heterocycles. The summed E-state index contributed by atoms with van der Waals surface area (Å²) in [5.74, 6) is 1.10. The van der Waals surface area contributed by atoms with Crippen LogP contribution >= 0.6 is 10.0 Å². The highest BCUT2D eigenvalue weighted by atomic mass is 32.3. The summed E-state index contributed by atoms with van der Waals surface area (Å²) in [6, 6.07) is 47.8. The van der Waals surface area contributed by atoms with Gasteiger partial charge in [-0.05, 0) is 66.6 Å². The number of rotatable bonds is 4. The zero-order chi connectivity index (χ0) is 30.8. The van der Waals surface area contributed by atoms with Gasteiger partial charge in [0, 0.05) is 20.9 Å². The van der Waals surface area contributed by atoms with Crippen molar-refractivity contribution in [2.45, 2.75) is 9.79 Å². The average molecular weight is 616 g/mol. The first kappa shape index (κ1) is 26.8. The first-order valence-electron chi connectivity index (χ1n) is 15.2. The van der Waals surface area contributed by atoms with Gasteiger partial charge in [-0.2, -0.15) is 10.0 Å². The van der Waals surface area contributed by atoms with E-state index in [9.17, 15) is 0 Å². The topological polar surface area (TPSA) is 55.3 Å². The van der Waals surface area contributed by atoms with Crippen molar-refractivity contribution < 1.29 is 8.83 Å². The van der Waals surface area contributed by atoms with E-state index in [1.54, 1.807) is 0 Å². The quantitative estimate of drug-likeness (QED) is 0.197. The molecule has 46 heavy (non-hydrogen) atoms. The maximum atomic E-state index is 6.88. The predicted molar refractivity (Wildman–Crippen MR) is 189 cm³/mol. The molecule has 6 aromatic carbocycles. The van der Waals surface area contributed by atoms with E-state index in [0.717, 1.165) is 50.3 Å². The normalized spacial score (nSPS) is 14.3. The molecule has 8 aromatic rings. The molecule has 0 aliphatic carbocycles. The first-order valence-corrected chi connectivity index (χ1v) is 17.7. The van der Waals surface area contributed by atoms with Crippen LogP contribution in [0, 0.1) is 0 Å². The number of anilines is 3. The maximum absolute atomic E-state index is 6.88. The van der Waals surface area contributed by atoms with Crippen LogP contribution in [-0.2, 0) is 0 Å². The number of hydrogen-bond donors (Lipinski definition) is 0. The van der Waals surface area contributed by atoms with Gasteiger partial charge in [0.05, 0.1) is 16.9 Å². The van der Waals surface area contributed by atoms with Crippen LogP contribution in [0.5, 0.6) is 0 Å². The minimum atomic E-state index is -1.31. The Bertz CT molecular complexity index is 2250. The minimum Gasteiger partial charge on any atom is -0.435 e. The van der Waals surface area contributed by atoms with Crippen LogP contribution in [0.2, 0.25) is 0 Å². The third kappa shape index (κ3) is 3.97. The fraction of sp³-hybridized carbons (Fsp3) is 0.0500. The number of oxazole rings is 2. The second kappa shape index (κ2) is 10.2. The van der Waals surface area contributed by atoms with E-state index in [1.807, 2.05) is 78.9 Å². The lowest BCUT2D eigenvalue weighted by Crippen LogP contribution is -2.20. The number of nitrogens with zero attached hydrogens (tertiary/aromatic N) is 3. The lowest BCUT2D eigenvalue weighted by atomic mass is 10.0. The van der Waals surface area contributed by atoms with Crippen molar-refractivity contribution in [2.75, 3.05) is 17.4 Å². The molecule has 6 heteroatoms. The van der Waals surface area contributed by atoms with E-state index < -0.39 is 10.0 Å². The highest BCUT2D eigenvalue weighted by Gasteiger charge is 2.37. The summed E-state index contributed by atoms with van der Waals surface area (Å²) in [5.41, 5.74) is 9.49. The van der Waals surface area contributed by atoms with Gasteiger partial charge in [0.2, 0.25) is 11.8 Å². The Kier molecular flexibility index (Phi) is 5.95. The predicted octanol–water partition coefficient (Wildman–Crippen LogP) is 11.2. The molecule has 3 heterocycles.